The Hall–Kier alpha value is -5.12. The normalized spacial score (nSPS) is 19.0. The molecule has 0 aliphatic carbocycles. The Morgan fingerprint density at radius 2 is 1.74 bits per heavy atom. The molecule has 5 aromatic rings. The highest BCUT2D eigenvalue weighted by molar-refractivity contribution is 7.85. The van der Waals surface area contributed by atoms with Crippen molar-refractivity contribution in [2.24, 2.45) is 0 Å². The maximum absolute atomic E-state index is 12.4. The number of nitrogen functional groups attached to an aromatic ring is 1. The first-order valence-corrected chi connectivity index (χ1v) is 16.9. The molecular formula is C30H37N11O8S. The van der Waals surface area contributed by atoms with Crippen LogP contribution in [0.3, 0.4) is 0 Å². The smallest absolute Gasteiger partial charge is 0.362 e. The van der Waals surface area contributed by atoms with Crippen LogP contribution in [0.2, 0.25) is 0 Å². The second-order valence-corrected chi connectivity index (χ2v) is 12.2. The van der Waals surface area contributed by atoms with Crippen molar-refractivity contribution in [2.75, 3.05) is 32.0 Å². The molecule has 0 unspecified atom stereocenters. The number of aromatic hydroxyl groups is 1. The zero-order valence-corrected chi connectivity index (χ0v) is 28.1. The lowest BCUT2D eigenvalue weighted by atomic mass is 10.1. The molecule has 0 bridgehead atoms. The summed E-state index contributed by atoms with van der Waals surface area (Å²) in [5.74, 6) is -1.58. The Morgan fingerprint density at radius 3 is 2.40 bits per heavy atom. The molecule has 266 valence electrons. The lowest BCUT2D eigenvalue weighted by molar-refractivity contribution is -0.0468. The van der Waals surface area contributed by atoms with Gasteiger partial charge in [-0.3, -0.25) is 18.5 Å². The largest absolute Gasteiger partial charge is 0.507 e. The molecule has 4 aromatic heterocycles. The minimum absolute atomic E-state index is 0.0145. The molecule has 19 nitrogen and oxygen atoms in total. The Balaban J connectivity index is 0.000000630. The molecule has 1 saturated heterocycles. The number of phenolic OH excluding ortho intramolecular Hbond substituents is 1. The number of aliphatic hydroxyl groups excluding tert-OH is 2. The number of aliphatic hydroxyl groups is 2. The number of fused-ring (bicyclic) bond motifs is 1. The third kappa shape index (κ3) is 8.01. The second kappa shape index (κ2) is 15.6. The van der Waals surface area contributed by atoms with E-state index >= 15 is 0 Å². The maximum atomic E-state index is 12.4. The van der Waals surface area contributed by atoms with E-state index in [-0.39, 0.29) is 28.5 Å². The molecular weight excluding hydrogens is 674 g/mol. The number of benzene rings is 1. The van der Waals surface area contributed by atoms with Gasteiger partial charge in [-0.15, -0.1) is 5.10 Å². The summed E-state index contributed by atoms with van der Waals surface area (Å²) in [6, 6.07) is 10.6. The number of amides is 1. The van der Waals surface area contributed by atoms with Crippen LogP contribution in [0.1, 0.15) is 37.4 Å². The number of phenols is 1. The number of imidazole rings is 1. The van der Waals surface area contributed by atoms with E-state index in [1.165, 1.54) is 59.5 Å². The number of hydrogen-bond donors (Lipinski definition) is 5. The van der Waals surface area contributed by atoms with Gasteiger partial charge in [0.15, 0.2) is 17.7 Å². The summed E-state index contributed by atoms with van der Waals surface area (Å²) >= 11 is 0. The van der Waals surface area contributed by atoms with Crippen molar-refractivity contribution in [1.29, 1.82) is 0 Å². The van der Waals surface area contributed by atoms with Gasteiger partial charge in [-0.2, -0.15) is 23.1 Å². The lowest BCUT2D eigenvalue weighted by Crippen LogP contribution is -2.37. The Morgan fingerprint density at radius 1 is 1.02 bits per heavy atom. The van der Waals surface area contributed by atoms with Crippen LogP contribution >= 0.6 is 0 Å². The van der Waals surface area contributed by atoms with Crippen molar-refractivity contribution in [3.8, 4) is 23.1 Å². The summed E-state index contributed by atoms with van der Waals surface area (Å²) in [4.78, 5) is 31.7. The maximum Gasteiger partial charge on any atom is 0.362 e. The number of carbonyl (C=O) groups excluding carboxylic acids is 1. The Kier molecular flexibility index (Phi) is 11.3. The molecule has 4 atom stereocenters. The second-order valence-electron chi connectivity index (χ2n) is 10.8. The molecule has 6 N–H and O–H groups in total. The summed E-state index contributed by atoms with van der Waals surface area (Å²) in [6.07, 6.45) is -1.44. The summed E-state index contributed by atoms with van der Waals surface area (Å²) < 4.78 is 39.5. The first-order valence-electron chi connectivity index (χ1n) is 15.5. The number of ether oxygens (including phenoxy) is 1. The number of anilines is 1. The third-order valence-corrected chi connectivity index (χ3v) is 8.65. The number of para-hydroxylation sites is 1. The van der Waals surface area contributed by atoms with E-state index in [2.05, 4.69) is 55.9 Å². The molecule has 1 amide bonds. The topological polar surface area (TPSA) is 259 Å². The number of aromatic nitrogens is 8. The fraction of sp³-hybridized carbons (Fsp3) is 0.367. The number of pyridine rings is 1. The van der Waals surface area contributed by atoms with Gasteiger partial charge in [0, 0.05) is 6.20 Å². The quantitative estimate of drug-likeness (QED) is 0.124. The number of nitrogens with zero attached hydrogens (tertiary/aromatic N) is 9. The van der Waals surface area contributed by atoms with Crippen molar-refractivity contribution in [3.63, 3.8) is 0 Å². The van der Waals surface area contributed by atoms with E-state index in [1.54, 1.807) is 35.3 Å². The molecule has 0 radical (unpaired) electrons. The Labute approximate surface area is 286 Å². The Bertz CT molecular complexity index is 2020. The van der Waals surface area contributed by atoms with E-state index < -0.39 is 53.1 Å². The van der Waals surface area contributed by atoms with Gasteiger partial charge in [0.25, 0.3) is 11.9 Å². The molecule has 5 heterocycles. The van der Waals surface area contributed by atoms with E-state index in [0.29, 0.717) is 11.4 Å². The number of rotatable bonds is 11. The highest BCUT2D eigenvalue weighted by atomic mass is 32.2. The fourth-order valence-corrected chi connectivity index (χ4v) is 5.71. The number of nitrogens with two attached hydrogens (primary N) is 1. The molecule has 1 aromatic carbocycles. The minimum Gasteiger partial charge on any atom is -0.507 e. The van der Waals surface area contributed by atoms with E-state index in [9.17, 15) is 28.5 Å². The first kappa shape index (κ1) is 36.2. The molecule has 1 aliphatic rings. The highest BCUT2D eigenvalue weighted by Crippen LogP contribution is 2.33. The van der Waals surface area contributed by atoms with Crippen molar-refractivity contribution < 1.29 is 37.5 Å². The molecule has 50 heavy (non-hydrogen) atoms. The zero-order chi connectivity index (χ0) is 36.0. The van der Waals surface area contributed by atoms with Crippen molar-refractivity contribution in [2.45, 2.75) is 45.3 Å². The van der Waals surface area contributed by atoms with Crippen molar-refractivity contribution in [3.05, 3.63) is 66.7 Å². The molecule has 20 heteroatoms. The third-order valence-electron chi connectivity index (χ3n) is 7.77. The van der Waals surface area contributed by atoms with E-state index in [0.717, 1.165) is 0 Å². The van der Waals surface area contributed by atoms with Gasteiger partial charge in [0.2, 0.25) is 0 Å². The average molecular weight is 712 g/mol. The van der Waals surface area contributed by atoms with Crippen LogP contribution in [-0.4, -0.2) is 119 Å². The van der Waals surface area contributed by atoms with Crippen LogP contribution in [0.5, 0.6) is 5.75 Å². The lowest BCUT2D eigenvalue weighted by Gasteiger charge is -2.16. The predicted octanol–water partition coefficient (Wildman–Crippen LogP) is 0.416. The summed E-state index contributed by atoms with van der Waals surface area (Å²) in [7, 11) is -4.70. The van der Waals surface area contributed by atoms with Gasteiger partial charge in [-0.25, -0.2) is 9.71 Å². The number of nitrogens with one attached hydrogen (secondary N) is 1. The van der Waals surface area contributed by atoms with Crippen LogP contribution in [0.25, 0.3) is 28.5 Å². The van der Waals surface area contributed by atoms with Crippen LogP contribution in [0, 0.1) is 0 Å². The van der Waals surface area contributed by atoms with Crippen LogP contribution in [-0.2, 0) is 19.2 Å². The molecule has 1 fully saturated rings. The van der Waals surface area contributed by atoms with Gasteiger partial charge in [-0.1, -0.05) is 44.2 Å². The van der Waals surface area contributed by atoms with E-state index in [4.69, 9.17) is 14.7 Å². The summed E-state index contributed by atoms with van der Waals surface area (Å²) in [5, 5.41) is 39.2. The predicted molar refractivity (Wildman–Crippen MR) is 178 cm³/mol. The number of carbonyl (C=O) groups is 1. The van der Waals surface area contributed by atoms with Gasteiger partial charge in [0.05, 0.1) is 30.4 Å². The van der Waals surface area contributed by atoms with Crippen LogP contribution in [0.15, 0.2) is 61.2 Å². The van der Waals surface area contributed by atoms with Gasteiger partial charge in [0.1, 0.15) is 35.3 Å². The summed E-state index contributed by atoms with van der Waals surface area (Å²) in [5.41, 5.74) is 7.10. The fourth-order valence-electron chi connectivity index (χ4n) is 5.00. The first-order chi connectivity index (χ1) is 24.0. The summed E-state index contributed by atoms with van der Waals surface area (Å²) in [6.45, 7) is 9.35. The number of hydrogen-bond acceptors (Lipinski definition) is 16. The van der Waals surface area contributed by atoms with E-state index in [1.807, 2.05) is 0 Å². The van der Waals surface area contributed by atoms with Crippen LogP contribution in [0.4, 0.5) is 5.82 Å². The zero-order valence-electron chi connectivity index (χ0n) is 27.3. The standard InChI is InChI=1S/C24H22N10O8S.C6H15N/c25-20-17-21(29-24(28-20)34-9-14(30-32-34)13-6-3-4-8-26-13)33(11-27-17)23-19(37)18(36)16(42-23)10-41-43(39,40)31-22(38)12-5-1-2-7-15(12)35;1-4-7(5-2)6-3/h1-9,11,16,18-19,23,35-37H,10H2,(H,31,38)(H2,25,28,29);4-6H2,1-3H3/t16-,18-,19-,23-;/m1./s1. The van der Waals surface area contributed by atoms with Gasteiger partial charge in [-0.05, 0) is 43.9 Å². The minimum atomic E-state index is -4.70. The molecule has 0 saturated carbocycles. The van der Waals surface area contributed by atoms with Crippen LogP contribution < -0.4 is 10.5 Å². The van der Waals surface area contributed by atoms with Crippen molar-refractivity contribution in [1.82, 2.24) is 49.1 Å². The monoisotopic (exact) mass is 711 g/mol. The molecule has 0 spiro atoms. The highest BCUT2D eigenvalue weighted by Gasteiger charge is 2.45. The average Bonchev–Trinajstić information content (AvgIpc) is 3.84. The molecule has 6 rings (SSSR count). The van der Waals surface area contributed by atoms with Crippen molar-refractivity contribution >= 4 is 33.2 Å². The molecule has 1 aliphatic heterocycles. The van der Waals surface area contributed by atoms with Gasteiger partial charge >= 0.3 is 10.3 Å². The SMILES string of the molecule is CCN(CC)CC.Nc1nc(-n2cc(-c3ccccn3)nn2)nc2c1ncn2[C@@H]1O[C@H](COS(=O)(=O)NC(=O)c2ccccc2O)[C@@H](O)[C@H]1O. The van der Waals surface area contributed by atoms with Gasteiger partial charge < -0.3 is 30.7 Å².